The summed E-state index contributed by atoms with van der Waals surface area (Å²) in [7, 11) is 0.609. The molecular weight excluding hydrogens is 386 g/mol. The number of nitrogens with one attached hydrogen (secondary N) is 1. The zero-order valence-corrected chi connectivity index (χ0v) is 16.4. The summed E-state index contributed by atoms with van der Waals surface area (Å²) in [5, 5.41) is 8.69. The van der Waals surface area contributed by atoms with Crippen molar-refractivity contribution >= 4 is 22.1 Å². The smallest absolute Gasteiger partial charge is 0.328 e. The monoisotopic (exact) mass is 407 g/mol. The minimum Gasteiger partial charge on any atom is -0.493 e. The third-order valence-corrected chi connectivity index (χ3v) is 5.18. The molecule has 0 heterocycles. The van der Waals surface area contributed by atoms with Crippen molar-refractivity contribution in [3.05, 3.63) is 53.6 Å². The zero-order chi connectivity index (χ0) is 20.7. The first-order chi connectivity index (χ1) is 13.3. The molecule has 28 heavy (non-hydrogen) atoms. The van der Waals surface area contributed by atoms with Crippen LogP contribution in [0.5, 0.6) is 17.2 Å². The fourth-order valence-corrected chi connectivity index (χ4v) is 3.52. The van der Waals surface area contributed by atoms with E-state index in [1.165, 1.54) is 45.6 Å². The molecule has 0 aromatic heterocycles. The summed E-state index contributed by atoms with van der Waals surface area (Å²) in [6.07, 6.45) is 2.26. The number of ether oxygens (including phenoxy) is 3. The van der Waals surface area contributed by atoms with Crippen molar-refractivity contribution in [2.75, 3.05) is 21.3 Å². The van der Waals surface area contributed by atoms with Crippen LogP contribution in [0.1, 0.15) is 11.1 Å². The first kappa shape index (κ1) is 21.3. The van der Waals surface area contributed by atoms with Crippen molar-refractivity contribution in [2.45, 2.75) is 11.4 Å². The Morgan fingerprint density at radius 2 is 1.71 bits per heavy atom. The van der Waals surface area contributed by atoms with Gasteiger partial charge in [-0.1, -0.05) is 12.1 Å². The molecule has 0 bridgehead atoms. The topological polar surface area (TPSA) is 111 Å². The lowest BCUT2D eigenvalue weighted by atomic mass is 10.2. The Hall–Kier alpha value is -3.04. The standard InChI is InChI=1S/C19H21NO7S/c1-25-16-10-14(11-17(26-2)19(16)27-3)12-20-28(23,24)15-6-4-5-13(9-15)7-8-18(21)22/h4-11,20H,12H2,1-3H3,(H,21,22)/b8-7+. The van der Waals surface area contributed by atoms with E-state index in [-0.39, 0.29) is 11.4 Å². The van der Waals surface area contributed by atoms with Gasteiger partial charge in [-0.2, -0.15) is 0 Å². The number of sulfonamides is 1. The second kappa shape index (κ2) is 9.25. The van der Waals surface area contributed by atoms with Gasteiger partial charge in [0.15, 0.2) is 11.5 Å². The number of carboxylic acids is 1. The Morgan fingerprint density at radius 3 is 2.25 bits per heavy atom. The van der Waals surface area contributed by atoms with Crippen LogP contribution < -0.4 is 18.9 Å². The molecule has 0 saturated carbocycles. The highest BCUT2D eigenvalue weighted by molar-refractivity contribution is 7.89. The predicted molar refractivity (Wildman–Crippen MR) is 103 cm³/mol. The van der Waals surface area contributed by atoms with Gasteiger partial charge >= 0.3 is 5.97 Å². The van der Waals surface area contributed by atoms with Crippen LogP contribution in [0.25, 0.3) is 6.08 Å². The van der Waals surface area contributed by atoms with E-state index >= 15 is 0 Å². The van der Waals surface area contributed by atoms with Crippen LogP contribution in [0.4, 0.5) is 0 Å². The molecule has 0 amide bonds. The molecule has 0 radical (unpaired) electrons. The van der Waals surface area contributed by atoms with Crippen molar-refractivity contribution in [2.24, 2.45) is 0 Å². The lowest BCUT2D eigenvalue weighted by molar-refractivity contribution is -0.131. The summed E-state index contributed by atoms with van der Waals surface area (Å²) >= 11 is 0. The van der Waals surface area contributed by atoms with Gasteiger partial charge in [-0.3, -0.25) is 0 Å². The number of hydrogen-bond donors (Lipinski definition) is 2. The summed E-state index contributed by atoms with van der Waals surface area (Å²) in [6, 6.07) is 9.26. The molecule has 2 N–H and O–H groups in total. The van der Waals surface area contributed by atoms with Gasteiger partial charge in [0.05, 0.1) is 26.2 Å². The predicted octanol–water partition coefficient (Wildman–Crippen LogP) is 2.29. The molecule has 2 aromatic carbocycles. The Labute approximate surface area is 163 Å². The van der Waals surface area contributed by atoms with E-state index in [0.717, 1.165) is 6.08 Å². The molecule has 2 rings (SSSR count). The minimum atomic E-state index is -3.82. The molecule has 0 aliphatic rings. The molecule has 0 fully saturated rings. The maximum atomic E-state index is 12.6. The quantitative estimate of drug-likeness (QED) is 0.614. The number of aliphatic carboxylic acids is 1. The lowest BCUT2D eigenvalue weighted by Gasteiger charge is -2.14. The second-order valence-corrected chi connectivity index (χ2v) is 7.37. The van der Waals surface area contributed by atoms with E-state index < -0.39 is 16.0 Å². The fraction of sp³-hybridized carbons (Fsp3) is 0.211. The summed E-state index contributed by atoms with van der Waals surface area (Å²) in [5.41, 5.74) is 1.07. The summed E-state index contributed by atoms with van der Waals surface area (Å²) in [6.45, 7) is -0.00571. The van der Waals surface area contributed by atoms with E-state index in [1.54, 1.807) is 18.2 Å². The fourth-order valence-electron chi connectivity index (χ4n) is 2.45. The Kier molecular flexibility index (Phi) is 7.02. The minimum absolute atomic E-state index is 0.00571. The second-order valence-electron chi connectivity index (χ2n) is 5.60. The molecule has 0 spiro atoms. The van der Waals surface area contributed by atoms with Crippen LogP contribution in [-0.4, -0.2) is 40.8 Å². The van der Waals surface area contributed by atoms with Crippen molar-refractivity contribution in [3.8, 4) is 17.2 Å². The van der Waals surface area contributed by atoms with Crippen molar-refractivity contribution in [3.63, 3.8) is 0 Å². The van der Waals surface area contributed by atoms with Gasteiger partial charge in [0.2, 0.25) is 15.8 Å². The van der Waals surface area contributed by atoms with E-state index in [4.69, 9.17) is 19.3 Å². The summed E-state index contributed by atoms with van der Waals surface area (Å²) in [4.78, 5) is 10.6. The van der Waals surface area contributed by atoms with Crippen molar-refractivity contribution in [1.82, 2.24) is 4.72 Å². The van der Waals surface area contributed by atoms with E-state index in [1.807, 2.05) is 0 Å². The van der Waals surface area contributed by atoms with Gasteiger partial charge in [-0.25, -0.2) is 17.9 Å². The highest BCUT2D eigenvalue weighted by atomic mass is 32.2. The largest absolute Gasteiger partial charge is 0.493 e. The molecule has 0 aliphatic carbocycles. The molecule has 0 saturated heterocycles. The van der Waals surface area contributed by atoms with Gasteiger partial charge < -0.3 is 19.3 Å². The SMILES string of the molecule is COc1cc(CNS(=O)(=O)c2cccc(/C=C/C(=O)O)c2)cc(OC)c1OC. The summed E-state index contributed by atoms with van der Waals surface area (Å²) in [5.74, 6) is 0.122. The van der Waals surface area contributed by atoms with Crippen LogP contribution in [-0.2, 0) is 21.4 Å². The molecule has 0 unspecified atom stereocenters. The number of carboxylic acid groups (broad SMARTS) is 1. The Bertz CT molecular complexity index is 959. The maximum Gasteiger partial charge on any atom is 0.328 e. The highest BCUT2D eigenvalue weighted by Gasteiger charge is 2.17. The summed E-state index contributed by atoms with van der Waals surface area (Å²) < 4.78 is 43.4. The number of hydrogen-bond acceptors (Lipinski definition) is 6. The van der Waals surface area contributed by atoms with Gasteiger partial charge in [0.1, 0.15) is 0 Å². The van der Waals surface area contributed by atoms with Crippen LogP contribution in [0.3, 0.4) is 0 Å². The Morgan fingerprint density at radius 1 is 1.07 bits per heavy atom. The van der Waals surface area contributed by atoms with Gasteiger partial charge in [-0.05, 0) is 41.5 Å². The third kappa shape index (κ3) is 5.24. The molecule has 0 atom stereocenters. The zero-order valence-electron chi connectivity index (χ0n) is 15.6. The molecule has 8 nitrogen and oxygen atoms in total. The molecule has 9 heteroatoms. The van der Waals surface area contributed by atoms with Gasteiger partial charge in [0.25, 0.3) is 0 Å². The van der Waals surface area contributed by atoms with Crippen molar-refractivity contribution in [1.29, 1.82) is 0 Å². The molecular formula is C19H21NO7S. The van der Waals surface area contributed by atoms with E-state index in [0.29, 0.717) is 28.4 Å². The van der Waals surface area contributed by atoms with Gasteiger partial charge in [0, 0.05) is 12.6 Å². The number of benzene rings is 2. The number of rotatable bonds is 9. The molecule has 0 aliphatic heterocycles. The third-order valence-electron chi connectivity index (χ3n) is 3.78. The Balaban J connectivity index is 2.24. The number of carbonyl (C=O) groups is 1. The average Bonchev–Trinajstić information content (AvgIpc) is 2.70. The normalized spacial score (nSPS) is 11.4. The molecule has 150 valence electrons. The van der Waals surface area contributed by atoms with E-state index in [2.05, 4.69) is 4.72 Å². The lowest BCUT2D eigenvalue weighted by Crippen LogP contribution is -2.23. The molecule has 2 aromatic rings. The number of methoxy groups -OCH3 is 3. The van der Waals surface area contributed by atoms with Crippen LogP contribution in [0.15, 0.2) is 47.4 Å². The average molecular weight is 407 g/mol. The van der Waals surface area contributed by atoms with Crippen molar-refractivity contribution < 1.29 is 32.5 Å². The maximum absolute atomic E-state index is 12.6. The first-order valence-electron chi connectivity index (χ1n) is 8.10. The first-order valence-corrected chi connectivity index (χ1v) is 9.58. The highest BCUT2D eigenvalue weighted by Crippen LogP contribution is 2.38. The van der Waals surface area contributed by atoms with Crippen LogP contribution in [0.2, 0.25) is 0 Å². The van der Waals surface area contributed by atoms with Crippen LogP contribution >= 0.6 is 0 Å². The van der Waals surface area contributed by atoms with E-state index in [9.17, 15) is 13.2 Å². The van der Waals surface area contributed by atoms with Gasteiger partial charge in [-0.15, -0.1) is 0 Å². The van der Waals surface area contributed by atoms with Crippen LogP contribution in [0, 0.1) is 0 Å².